The van der Waals surface area contributed by atoms with Crippen LogP contribution in [-0.4, -0.2) is 16.4 Å². The van der Waals surface area contributed by atoms with E-state index in [-0.39, 0.29) is 0 Å². The number of hydrogen-bond donors (Lipinski definition) is 1. The molecular weight excluding hydrogens is 374 g/mol. The van der Waals surface area contributed by atoms with Crippen LogP contribution in [0.4, 0.5) is 5.82 Å². The molecule has 0 fully saturated rings. The van der Waals surface area contributed by atoms with Gasteiger partial charge in [0, 0.05) is 25.9 Å². The molecule has 0 amide bonds. The van der Waals surface area contributed by atoms with Crippen molar-refractivity contribution in [2.75, 3.05) is 11.9 Å². The molecule has 0 spiro atoms. The SMILES string of the molecule is CCOc1c(Br)cc(CNc2ccn(C)n2)cc1Br. The van der Waals surface area contributed by atoms with Crippen LogP contribution in [0.1, 0.15) is 12.5 Å². The predicted molar refractivity (Wildman–Crippen MR) is 83.5 cm³/mol. The van der Waals surface area contributed by atoms with E-state index in [9.17, 15) is 0 Å². The van der Waals surface area contributed by atoms with Gasteiger partial charge in [0.15, 0.2) is 0 Å². The first kappa shape index (κ1) is 14.4. The van der Waals surface area contributed by atoms with Crippen molar-refractivity contribution in [3.8, 4) is 5.75 Å². The quantitative estimate of drug-likeness (QED) is 0.842. The molecule has 0 unspecified atom stereocenters. The van der Waals surface area contributed by atoms with Gasteiger partial charge < -0.3 is 10.1 Å². The number of halogens is 2. The lowest BCUT2D eigenvalue weighted by atomic mass is 10.2. The van der Waals surface area contributed by atoms with Crippen molar-refractivity contribution >= 4 is 37.7 Å². The number of benzene rings is 1. The van der Waals surface area contributed by atoms with Crippen molar-refractivity contribution in [3.05, 3.63) is 38.9 Å². The fraction of sp³-hybridized carbons (Fsp3) is 0.308. The Bertz CT molecular complexity index is 546. The first-order valence-corrected chi connectivity index (χ1v) is 7.53. The summed E-state index contributed by atoms with van der Waals surface area (Å²) in [7, 11) is 1.90. The monoisotopic (exact) mass is 387 g/mol. The Morgan fingerprint density at radius 3 is 2.53 bits per heavy atom. The Hall–Kier alpha value is -1.01. The summed E-state index contributed by atoms with van der Waals surface area (Å²) in [6, 6.07) is 6.04. The second-order valence-electron chi connectivity index (χ2n) is 4.05. The highest BCUT2D eigenvalue weighted by Gasteiger charge is 2.08. The van der Waals surface area contributed by atoms with Crippen molar-refractivity contribution in [2.45, 2.75) is 13.5 Å². The molecule has 6 heteroatoms. The van der Waals surface area contributed by atoms with E-state index in [2.05, 4.69) is 42.3 Å². The lowest BCUT2D eigenvalue weighted by molar-refractivity contribution is 0.336. The van der Waals surface area contributed by atoms with Gasteiger partial charge in [0.05, 0.1) is 15.6 Å². The Labute approximate surface area is 129 Å². The van der Waals surface area contributed by atoms with Gasteiger partial charge in [-0.2, -0.15) is 5.10 Å². The van der Waals surface area contributed by atoms with E-state index < -0.39 is 0 Å². The number of rotatable bonds is 5. The molecule has 0 saturated heterocycles. The van der Waals surface area contributed by atoms with Crippen LogP contribution in [0.5, 0.6) is 5.75 Å². The maximum absolute atomic E-state index is 5.56. The van der Waals surface area contributed by atoms with Gasteiger partial charge in [-0.3, -0.25) is 4.68 Å². The van der Waals surface area contributed by atoms with Gasteiger partial charge in [-0.1, -0.05) is 0 Å². The lowest BCUT2D eigenvalue weighted by Crippen LogP contribution is -2.02. The van der Waals surface area contributed by atoms with Crippen LogP contribution in [0.15, 0.2) is 33.3 Å². The Balaban J connectivity index is 2.09. The third kappa shape index (κ3) is 3.73. The van der Waals surface area contributed by atoms with E-state index in [1.165, 1.54) is 0 Å². The van der Waals surface area contributed by atoms with Crippen LogP contribution >= 0.6 is 31.9 Å². The molecule has 1 heterocycles. The standard InChI is InChI=1S/C13H15Br2N3O/c1-3-19-13-10(14)6-9(7-11(13)15)8-16-12-4-5-18(2)17-12/h4-7H,3,8H2,1-2H3,(H,16,17). The fourth-order valence-corrected chi connectivity index (χ4v) is 3.21. The average molecular weight is 389 g/mol. The third-order valence-electron chi connectivity index (χ3n) is 2.53. The summed E-state index contributed by atoms with van der Waals surface area (Å²) < 4.78 is 9.22. The van der Waals surface area contributed by atoms with Gasteiger partial charge >= 0.3 is 0 Å². The van der Waals surface area contributed by atoms with Crippen LogP contribution in [0.3, 0.4) is 0 Å². The van der Waals surface area contributed by atoms with Gasteiger partial charge in [0.2, 0.25) is 0 Å². The molecular formula is C13H15Br2N3O. The van der Waals surface area contributed by atoms with Crippen molar-refractivity contribution in [1.29, 1.82) is 0 Å². The van der Waals surface area contributed by atoms with E-state index in [4.69, 9.17) is 4.74 Å². The zero-order valence-corrected chi connectivity index (χ0v) is 14.0. The molecule has 0 radical (unpaired) electrons. The molecule has 102 valence electrons. The molecule has 0 atom stereocenters. The molecule has 2 rings (SSSR count). The molecule has 2 aromatic rings. The molecule has 0 saturated carbocycles. The molecule has 1 N–H and O–H groups in total. The number of aromatic nitrogens is 2. The number of hydrogen-bond acceptors (Lipinski definition) is 3. The molecule has 0 aliphatic heterocycles. The largest absolute Gasteiger partial charge is 0.492 e. The molecule has 0 aliphatic carbocycles. The van der Waals surface area contributed by atoms with Crippen LogP contribution in [0.25, 0.3) is 0 Å². The number of ether oxygens (including phenoxy) is 1. The smallest absolute Gasteiger partial charge is 0.148 e. The summed E-state index contributed by atoms with van der Waals surface area (Å²) in [5.74, 6) is 1.70. The van der Waals surface area contributed by atoms with Gasteiger partial charge in [-0.25, -0.2) is 0 Å². The zero-order chi connectivity index (χ0) is 13.8. The predicted octanol–water partition coefficient (Wildman–Crippen LogP) is 3.96. The van der Waals surface area contributed by atoms with Crippen LogP contribution in [-0.2, 0) is 13.6 Å². The van der Waals surface area contributed by atoms with E-state index in [0.717, 1.165) is 26.1 Å². The number of nitrogens with zero attached hydrogens (tertiary/aromatic N) is 2. The summed E-state index contributed by atoms with van der Waals surface area (Å²) in [5, 5.41) is 7.55. The highest BCUT2D eigenvalue weighted by molar-refractivity contribution is 9.11. The maximum Gasteiger partial charge on any atom is 0.148 e. The topological polar surface area (TPSA) is 39.1 Å². The van der Waals surface area contributed by atoms with Gasteiger partial charge in [0.25, 0.3) is 0 Å². The summed E-state index contributed by atoms with van der Waals surface area (Å²) in [5.41, 5.74) is 1.15. The van der Waals surface area contributed by atoms with Gasteiger partial charge in [-0.05, 0) is 56.5 Å². The van der Waals surface area contributed by atoms with Crippen molar-refractivity contribution in [3.63, 3.8) is 0 Å². The molecule has 1 aromatic carbocycles. The summed E-state index contributed by atoms with van der Waals surface area (Å²) >= 11 is 7.05. The number of nitrogens with one attached hydrogen (secondary N) is 1. The van der Waals surface area contributed by atoms with E-state index >= 15 is 0 Å². The van der Waals surface area contributed by atoms with Crippen molar-refractivity contribution in [2.24, 2.45) is 7.05 Å². The Morgan fingerprint density at radius 1 is 1.32 bits per heavy atom. The second-order valence-corrected chi connectivity index (χ2v) is 5.76. The number of anilines is 1. The van der Waals surface area contributed by atoms with Crippen molar-refractivity contribution in [1.82, 2.24) is 9.78 Å². The van der Waals surface area contributed by atoms with E-state index in [1.54, 1.807) is 4.68 Å². The minimum absolute atomic E-state index is 0.642. The highest BCUT2D eigenvalue weighted by atomic mass is 79.9. The molecule has 1 aromatic heterocycles. The second kappa shape index (κ2) is 6.43. The Morgan fingerprint density at radius 2 is 2.00 bits per heavy atom. The molecule has 0 aliphatic rings. The van der Waals surface area contributed by atoms with E-state index in [0.29, 0.717) is 13.2 Å². The highest BCUT2D eigenvalue weighted by Crippen LogP contribution is 2.34. The van der Waals surface area contributed by atoms with Gasteiger partial charge in [-0.15, -0.1) is 0 Å². The summed E-state index contributed by atoms with van der Waals surface area (Å²) in [6.07, 6.45) is 1.91. The van der Waals surface area contributed by atoms with Gasteiger partial charge in [0.1, 0.15) is 11.6 Å². The first-order valence-electron chi connectivity index (χ1n) is 5.94. The zero-order valence-electron chi connectivity index (χ0n) is 10.8. The van der Waals surface area contributed by atoms with Crippen LogP contribution in [0.2, 0.25) is 0 Å². The summed E-state index contributed by atoms with van der Waals surface area (Å²) in [6.45, 7) is 3.32. The molecule has 0 bridgehead atoms. The first-order chi connectivity index (χ1) is 9.10. The normalized spacial score (nSPS) is 10.5. The van der Waals surface area contributed by atoms with Crippen molar-refractivity contribution < 1.29 is 4.74 Å². The summed E-state index contributed by atoms with van der Waals surface area (Å²) in [4.78, 5) is 0. The van der Waals surface area contributed by atoms with Crippen LogP contribution < -0.4 is 10.1 Å². The maximum atomic E-state index is 5.56. The van der Waals surface area contributed by atoms with E-state index in [1.807, 2.05) is 38.4 Å². The lowest BCUT2D eigenvalue weighted by Gasteiger charge is -2.11. The third-order valence-corrected chi connectivity index (χ3v) is 3.71. The molecule has 4 nitrogen and oxygen atoms in total. The Kier molecular flexibility index (Phi) is 4.87. The van der Waals surface area contributed by atoms with Crippen LogP contribution in [0, 0.1) is 0 Å². The number of aryl methyl sites for hydroxylation is 1. The minimum Gasteiger partial charge on any atom is -0.492 e. The minimum atomic E-state index is 0.642. The fourth-order valence-electron chi connectivity index (χ4n) is 1.70. The molecule has 19 heavy (non-hydrogen) atoms. The average Bonchev–Trinajstić information content (AvgIpc) is 2.77.